The number of carbonyl (C=O) groups excluding carboxylic acids is 1. The van der Waals surface area contributed by atoms with Crippen LogP contribution >= 0.6 is 11.3 Å². The van der Waals surface area contributed by atoms with Gasteiger partial charge >= 0.3 is 0 Å². The number of hydrogen-bond donors (Lipinski definition) is 2. The molecule has 3 unspecified atom stereocenters. The minimum Gasteiger partial charge on any atom is -0.383 e. The van der Waals surface area contributed by atoms with Crippen molar-refractivity contribution in [1.29, 1.82) is 0 Å². The zero-order valence-electron chi connectivity index (χ0n) is 15.7. The first-order valence-corrected chi connectivity index (χ1v) is 10.7. The van der Waals surface area contributed by atoms with Crippen molar-refractivity contribution in [3.63, 3.8) is 0 Å². The molecular formula is C21H21FN4O2S. The fourth-order valence-corrected chi connectivity index (χ4v) is 5.70. The molecule has 2 aliphatic rings. The van der Waals surface area contributed by atoms with E-state index < -0.39 is 11.4 Å². The van der Waals surface area contributed by atoms with Crippen molar-refractivity contribution in [2.24, 2.45) is 5.92 Å². The second kappa shape index (κ2) is 7.03. The van der Waals surface area contributed by atoms with E-state index in [0.29, 0.717) is 24.9 Å². The molecule has 0 bridgehead atoms. The summed E-state index contributed by atoms with van der Waals surface area (Å²) in [6, 6.07) is 4.63. The molecule has 2 N–H and O–H groups in total. The Labute approximate surface area is 171 Å². The molecule has 1 amide bonds. The number of aromatic amines is 1. The van der Waals surface area contributed by atoms with Gasteiger partial charge in [-0.15, -0.1) is 11.3 Å². The summed E-state index contributed by atoms with van der Waals surface area (Å²) < 4.78 is 14.3. The maximum Gasteiger partial charge on any atom is 0.254 e. The number of hydrogen-bond acceptors (Lipinski definition) is 5. The number of fused-ring (bicyclic) bond motifs is 1. The number of thiophene rings is 1. The summed E-state index contributed by atoms with van der Waals surface area (Å²) in [5.74, 6) is -0.378. The molecule has 1 aliphatic carbocycles. The Morgan fingerprint density at radius 2 is 2.31 bits per heavy atom. The average Bonchev–Trinajstić information content (AvgIpc) is 3.46. The number of halogens is 1. The van der Waals surface area contributed by atoms with Crippen LogP contribution in [0.1, 0.15) is 41.7 Å². The Morgan fingerprint density at radius 3 is 3.10 bits per heavy atom. The molecule has 0 radical (unpaired) electrons. The molecule has 1 aliphatic heterocycles. The summed E-state index contributed by atoms with van der Waals surface area (Å²) in [6.07, 6.45) is 7.59. The highest BCUT2D eigenvalue weighted by Gasteiger charge is 2.51. The lowest BCUT2D eigenvalue weighted by Gasteiger charge is -2.37. The van der Waals surface area contributed by atoms with Crippen LogP contribution in [0.2, 0.25) is 0 Å². The molecule has 6 nitrogen and oxygen atoms in total. The van der Waals surface area contributed by atoms with Crippen molar-refractivity contribution < 1.29 is 14.3 Å². The van der Waals surface area contributed by atoms with E-state index in [4.69, 9.17) is 0 Å². The lowest BCUT2D eigenvalue weighted by molar-refractivity contribution is 0.0260. The maximum atomic E-state index is 14.3. The van der Waals surface area contributed by atoms with Crippen molar-refractivity contribution in [3.05, 3.63) is 59.2 Å². The molecule has 3 aromatic heterocycles. The minimum atomic E-state index is -1.33. The Balaban J connectivity index is 1.40. The number of likely N-dealkylation sites (tertiary alicyclic amines) is 1. The zero-order valence-corrected chi connectivity index (χ0v) is 16.5. The van der Waals surface area contributed by atoms with E-state index in [9.17, 15) is 14.3 Å². The minimum absolute atomic E-state index is 0.0311. The maximum absolute atomic E-state index is 14.3. The molecule has 8 heteroatoms. The number of H-pyrrole nitrogens is 1. The summed E-state index contributed by atoms with van der Waals surface area (Å²) in [7, 11) is 0. The quantitative estimate of drug-likeness (QED) is 0.689. The summed E-state index contributed by atoms with van der Waals surface area (Å²) in [4.78, 5) is 20.2. The standard InChI is InChI=1S/C21H21FN4O2S/c22-16-4-1-5-23-19(16)21(28)8-13-3-2-6-26(17(13)9-21)20(27)14-7-18(29-12-14)15-10-24-25-11-15/h1,4-5,7,10-13,17,28H,2-3,6,8-9H2,(H,24,25). The van der Waals surface area contributed by atoms with E-state index in [1.807, 2.05) is 16.3 Å². The SMILES string of the molecule is O=C(c1csc(-c2cn[nH]c2)c1)N1CCCC2CC(O)(c3ncccc3F)CC21. The van der Waals surface area contributed by atoms with E-state index in [2.05, 4.69) is 15.2 Å². The topological polar surface area (TPSA) is 82.1 Å². The van der Waals surface area contributed by atoms with Gasteiger partial charge in [0.15, 0.2) is 0 Å². The Kier molecular flexibility index (Phi) is 4.48. The fraction of sp³-hybridized carbons (Fsp3) is 0.381. The van der Waals surface area contributed by atoms with Crippen molar-refractivity contribution >= 4 is 17.2 Å². The van der Waals surface area contributed by atoms with Gasteiger partial charge in [0.25, 0.3) is 5.91 Å². The largest absolute Gasteiger partial charge is 0.383 e. The first kappa shape index (κ1) is 18.4. The number of aliphatic hydroxyl groups is 1. The molecule has 1 saturated heterocycles. The summed E-state index contributed by atoms with van der Waals surface area (Å²) >= 11 is 1.51. The number of carbonyl (C=O) groups is 1. The first-order chi connectivity index (χ1) is 14.0. The fourth-order valence-electron chi connectivity index (χ4n) is 4.84. The molecule has 29 heavy (non-hydrogen) atoms. The van der Waals surface area contributed by atoms with Crippen molar-refractivity contribution in [2.45, 2.75) is 37.3 Å². The van der Waals surface area contributed by atoms with Crippen LogP contribution in [-0.4, -0.2) is 43.7 Å². The molecule has 1 saturated carbocycles. The molecular weight excluding hydrogens is 391 g/mol. The predicted molar refractivity (Wildman–Crippen MR) is 107 cm³/mol. The third-order valence-electron chi connectivity index (χ3n) is 6.15. The number of nitrogens with one attached hydrogen (secondary N) is 1. The van der Waals surface area contributed by atoms with Crippen LogP contribution in [0.3, 0.4) is 0 Å². The molecule has 0 aromatic carbocycles. The van der Waals surface area contributed by atoms with Crippen LogP contribution in [0, 0.1) is 11.7 Å². The molecule has 2 fully saturated rings. The molecule has 150 valence electrons. The molecule has 5 rings (SSSR count). The number of piperidine rings is 1. The smallest absolute Gasteiger partial charge is 0.254 e. The summed E-state index contributed by atoms with van der Waals surface area (Å²) in [5.41, 5.74) is 0.359. The summed E-state index contributed by atoms with van der Waals surface area (Å²) in [6.45, 7) is 0.650. The Bertz CT molecular complexity index is 1040. The summed E-state index contributed by atoms with van der Waals surface area (Å²) in [5, 5.41) is 19.8. The van der Waals surface area contributed by atoms with Gasteiger partial charge in [-0.3, -0.25) is 14.9 Å². The van der Waals surface area contributed by atoms with Gasteiger partial charge in [0, 0.05) is 47.2 Å². The van der Waals surface area contributed by atoms with Crippen molar-refractivity contribution in [3.8, 4) is 10.4 Å². The highest BCUT2D eigenvalue weighted by Crippen LogP contribution is 2.48. The van der Waals surface area contributed by atoms with Crippen LogP contribution in [0.5, 0.6) is 0 Å². The number of aromatic nitrogens is 3. The molecule has 0 spiro atoms. The van der Waals surface area contributed by atoms with E-state index in [-0.39, 0.29) is 23.6 Å². The second-order valence-electron chi connectivity index (χ2n) is 7.93. The number of rotatable bonds is 3. The van der Waals surface area contributed by atoms with Gasteiger partial charge in [0.1, 0.15) is 17.1 Å². The van der Waals surface area contributed by atoms with Crippen LogP contribution in [-0.2, 0) is 5.60 Å². The van der Waals surface area contributed by atoms with Crippen LogP contribution in [0.15, 0.2) is 42.2 Å². The van der Waals surface area contributed by atoms with E-state index in [1.54, 1.807) is 12.4 Å². The molecule has 3 aromatic rings. The van der Waals surface area contributed by atoms with Crippen molar-refractivity contribution in [1.82, 2.24) is 20.1 Å². The van der Waals surface area contributed by atoms with Crippen LogP contribution in [0.25, 0.3) is 10.4 Å². The first-order valence-electron chi connectivity index (χ1n) is 9.77. The van der Waals surface area contributed by atoms with Crippen LogP contribution in [0.4, 0.5) is 4.39 Å². The average molecular weight is 412 g/mol. The number of nitrogens with zero attached hydrogens (tertiary/aromatic N) is 3. The van der Waals surface area contributed by atoms with Gasteiger partial charge in [-0.1, -0.05) is 0 Å². The highest BCUT2D eigenvalue weighted by atomic mass is 32.1. The normalized spacial score (nSPS) is 26.5. The van der Waals surface area contributed by atoms with Gasteiger partial charge in [-0.25, -0.2) is 4.39 Å². The van der Waals surface area contributed by atoms with E-state index in [0.717, 1.165) is 23.3 Å². The third-order valence-corrected chi connectivity index (χ3v) is 7.13. The lowest BCUT2D eigenvalue weighted by Crippen LogP contribution is -2.46. The number of pyridine rings is 1. The van der Waals surface area contributed by atoms with Gasteiger partial charge in [0.05, 0.1) is 11.8 Å². The van der Waals surface area contributed by atoms with Gasteiger partial charge in [-0.2, -0.15) is 5.10 Å². The molecule has 3 atom stereocenters. The third kappa shape index (κ3) is 3.16. The lowest BCUT2D eigenvalue weighted by atomic mass is 9.91. The number of amides is 1. The van der Waals surface area contributed by atoms with Crippen LogP contribution < -0.4 is 0 Å². The zero-order chi connectivity index (χ0) is 20.0. The molecule has 4 heterocycles. The van der Waals surface area contributed by atoms with E-state index >= 15 is 0 Å². The Hall–Kier alpha value is -2.58. The van der Waals surface area contributed by atoms with Gasteiger partial charge in [-0.05, 0) is 43.4 Å². The second-order valence-corrected chi connectivity index (χ2v) is 8.84. The predicted octanol–water partition coefficient (Wildman–Crippen LogP) is 3.57. The van der Waals surface area contributed by atoms with Gasteiger partial charge < -0.3 is 10.0 Å². The van der Waals surface area contributed by atoms with Gasteiger partial charge in [0.2, 0.25) is 0 Å². The van der Waals surface area contributed by atoms with Crippen molar-refractivity contribution in [2.75, 3.05) is 6.54 Å². The monoisotopic (exact) mass is 412 g/mol. The Morgan fingerprint density at radius 1 is 1.41 bits per heavy atom. The van der Waals surface area contributed by atoms with E-state index in [1.165, 1.54) is 29.7 Å². The highest BCUT2D eigenvalue weighted by molar-refractivity contribution is 7.13.